The number of carbonyl (C=O) groups excluding carboxylic acids is 1. The lowest BCUT2D eigenvalue weighted by Gasteiger charge is -2.20. The van der Waals surface area contributed by atoms with Crippen molar-refractivity contribution in [3.63, 3.8) is 0 Å². The second kappa shape index (κ2) is 4.94. The van der Waals surface area contributed by atoms with Crippen molar-refractivity contribution >= 4 is 5.91 Å². The van der Waals surface area contributed by atoms with Crippen LogP contribution in [0.1, 0.15) is 5.56 Å². The first-order valence-corrected chi connectivity index (χ1v) is 5.36. The highest BCUT2D eigenvalue weighted by Crippen LogP contribution is 2.15. The Bertz CT molecular complexity index is 375. The average molecular weight is 217 g/mol. The second-order valence-corrected chi connectivity index (χ2v) is 3.86. The zero-order valence-corrected chi connectivity index (χ0v) is 9.13. The van der Waals surface area contributed by atoms with Crippen molar-refractivity contribution in [1.29, 1.82) is 0 Å². The number of ether oxygens (including phenoxy) is 1. The van der Waals surface area contributed by atoms with E-state index in [2.05, 4.69) is 18.7 Å². The first kappa shape index (κ1) is 10.9. The van der Waals surface area contributed by atoms with Crippen LogP contribution in [0.25, 0.3) is 0 Å². The molecule has 0 N–H and O–H groups in total. The SMILES string of the molecule is C=CC(=O)N1COC[C@H]1Cc1ccccc1. The number of hydrogen-bond acceptors (Lipinski definition) is 2. The molecule has 2 rings (SSSR count). The summed E-state index contributed by atoms with van der Waals surface area (Å²) in [4.78, 5) is 13.3. The van der Waals surface area contributed by atoms with Crippen molar-refractivity contribution in [3.05, 3.63) is 48.6 Å². The van der Waals surface area contributed by atoms with E-state index in [4.69, 9.17) is 4.74 Å². The van der Waals surface area contributed by atoms with E-state index in [9.17, 15) is 4.79 Å². The van der Waals surface area contributed by atoms with E-state index in [0.29, 0.717) is 13.3 Å². The van der Waals surface area contributed by atoms with Crippen LogP contribution in [0.2, 0.25) is 0 Å². The molecule has 1 aliphatic heterocycles. The van der Waals surface area contributed by atoms with Crippen LogP contribution in [0.5, 0.6) is 0 Å². The van der Waals surface area contributed by atoms with Gasteiger partial charge in [-0.15, -0.1) is 0 Å². The van der Waals surface area contributed by atoms with Gasteiger partial charge in [0.2, 0.25) is 5.91 Å². The second-order valence-electron chi connectivity index (χ2n) is 3.86. The maximum Gasteiger partial charge on any atom is 0.248 e. The highest BCUT2D eigenvalue weighted by Gasteiger charge is 2.27. The van der Waals surface area contributed by atoms with E-state index in [1.165, 1.54) is 11.6 Å². The minimum atomic E-state index is -0.0570. The minimum absolute atomic E-state index is 0.0570. The predicted octanol–water partition coefficient (Wildman–Crippen LogP) is 1.60. The van der Waals surface area contributed by atoms with Crippen molar-refractivity contribution in [2.75, 3.05) is 13.3 Å². The molecule has 1 aromatic rings. The lowest BCUT2D eigenvalue weighted by molar-refractivity contribution is -0.127. The van der Waals surface area contributed by atoms with Gasteiger partial charge in [-0.05, 0) is 18.1 Å². The third-order valence-corrected chi connectivity index (χ3v) is 2.75. The zero-order valence-electron chi connectivity index (χ0n) is 9.13. The Hall–Kier alpha value is -1.61. The summed E-state index contributed by atoms with van der Waals surface area (Å²) < 4.78 is 5.32. The van der Waals surface area contributed by atoms with Crippen molar-refractivity contribution in [2.24, 2.45) is 0 Å². The number of benzene rings is 1. The number of hydrogen-bond donors (Lipinski definition) is 0. The third kappa shape index (κ3) is 2.31. The Balaban J connectivity index is 2.04. The van der Waals surface area contributed by atoms with Gasteiger partial charge in [0, 0.05) is 0 Å². The molecule has 1 saturated heterocycles. The molecule has 3 nitrogen and oxygen atoms in total. The summed E-state index contributed by atoms with van der Waals surface area (Å²) in [5.41, 5.74) is 1.22. The van der Waals surface area contributed by atoms with E-state index in [0.717, 1.165) is 6.42 Å². The van der Waals surface area contributed by atoms with Crippen LogP contribution in [0, 0.1) is 0 Å². The molecule has 0 aromatic heterocycles. The fraction of sp³-hybridized carbons (Fsp3) is 0.308. The molecule has 3 heteroatoms. The van der Waals surface area contributed by atoms with Crippen molar-refractivity contribution in [3.8, 4) is 0 Å². The molecule has 84 valence electrons. The summed E-state index contributed by atoms with van der Waals surface area (Å²) in [7, 11) is 0. The highest BCUT2D eigenvalue weighted by atomic mass is 16.5. The smallest absolute Gasteiger partial charge is 0.248 e. The molecule has 16 heavy (non-hydrogen) atoms. The van der Waals surface area contributed by atoms with Gasteiger partial charge in [0.1, 0.15) is 6.73 Å². The summed E-state index contributed by atoms with van der Waals surface area (Å²) >= 11 is 0. The maximum atomic E-state index is 11.5. The van der Waals surface area contributed by atoms with Crippen LogP contribution in [0.4, 0.5) is 0 Å². The van der Waals surface area contributed by atoms with E-state index < -0.39 is 0 Å². The van der Waals surface area contributed by atoms with E-state index in [1.807, 2.05) is 18.2 Å². The lowest BCUT2D eigenvalue weighted by Crippen LogP contribution is -2.36. The largest absolute Gasteiger partial charge is 0.359 e. The van der Waals surface area contributed by atoms with Gasteiger partial charge in [0.15, 0.2) is 0 Å². The molecular weight excluding hydrogens is 202 g/mol. The molecule has 1 atom stereocenters. The van der Waals surface area contributed by atoms with Crippen molar-refractivity contribution in [2.45, 2.75) is 12.5 Å². The average Bonchev–Trinajstić information content (AvgIpc) is 2.77. The van der Waals surface area contributed by atoms with E-state index in [1.54, 1.807) is 4.90 Å². The highest BCUT2D eigenvalue weighted by molar-refractivity contribution is 5.87. The predicted molar refractivity (Wildman–Crippen MR) is 61.8 cm³/mol. The van der Waals surface area contributed by atoms with Crippen molar-refractivity contribution < 1.29 is 9.53 Å². The van der Waals surface area contributed by atoms with Gasteiger partial charge in [0.05, 0.1) is 12.6 Å². The quantitative estimate of drug-likeness (QED) is 0.720. The molecule has 0 bridgehead atoms. The monoisotopic (exact) mass is 217 g/mol. The molecule has 0 radical (unpaired) electrons. The van der Waals surface area contributed by atoms with Crippen LogP contribution < -0.4 is 0 Å². The van der Waals surface area contributed by atoms with E-state index in [-0.39, 0.29) is 11.9 Å². The van der Waals surface area contributed by atoms with Gasteiger partial charge in [0.25, 0.3) is 0 Å². The zero-order chi connectivity index (χ0) is 11.4. The molecule has 1 aromatic carbocycles. The first-order chi connectivity index (χ1) is 7.81. The molecule has 1 fully saturated rings. The van der Waals surface area contributed by atoms with Crippen LogP contribution in [-0.4, -0.2) is 30.2 Å². The van der Waals surface area contributed by atoms with Gasteiger partial charge >= 0.3 is 0 Å². The van der Waals surface area contributed by atoms with Crippen LogP contribution in [0.3, 0.4) is 0 Å². The Morgan fingerprint density at radius 2 is 2.25 bits per heavy atom. The lowest BCUT2D eigenvalue weighted by atomic mass is 10.1. The number of rotatable bonds is 3. The summed E-state index contributed by atoms with van der Waals surface area (Å²) in [6, 6.07) is 10.3. The molecule has 1 aliphatic rings. The molecule has 0 aliphatic carbocycles. The van der Waals surface area contributed by atoms with Crippen molar-refractivity contribution in [1.82, 2.24) is 4.90 Å². The number of carbonyl (C=O) groups is 1. The molecule has 1 amide bonds. The topological polar surface area (TPSA) is 29.5 Å². The summed E-state index contributed by atoms with van der Waals surface area (Å²) in [6.45, 7) is 4.48. The Kier molecular flexibility index (Phi) is 3.37. The fourth-order valence-electron chi connectivity index (χ4n) is 1.90. The third-order valence-electron chi connectivity index (χ3n) is 2.75. The maximum absolute atomic E-state index is 11.5. The van der Waals surface area contributed by atoms with Crippen LogP contribution >= 0.6 is 0 Å². The van der Waals surface area contributed by atoms with Gasteiger partial charge in [-0.1, -0.05) is 36.9 Å². The van der Waals surface area contributed by atoms with Gasteiger partial charge < -0.3 is 9.64 Å². The molecular formula is C13H15NO2. The first-order valence-electron chi connectivity index (χ1n) is 5.36. The molecule has 0 spiro atoms. The molecule has 0 unspecified atom stereocenters. The minimum Gasteiger partial charge on any atom is -0.359 e. The summed E-state index contributed by atoms with van der Waals surface area (Å²) in [5.74, 6) is -0.0570. The number of amides is 1. The Morgan fingerprint density at radius 3 is 2.94 bits per heavy atom. The fourth-order valence-corrected chi connectivity index (χ4v) is 1.90. The van der Waals surface area contributed by atoms with Gasteiger partial charge in [-0.3, -0.25) is 4.79 Å². The normalized spacial score (nSPS) is 19.8. The van der Waals surface area contributed by atoms with Crippen LogP contribution in [0.15, 0.2) is 43.0 Å². The number of nitrogens with zero attached hydrogens (tertiary/aromatic N) is 1. The summed E-state index contributed by atoms with van der Waals surface area (Å²) in [6.07, 6.45) is 2.17. The van der Waals surface area contributed by atoms with Gasteiger partial charge in [-0.25, -0.2) is 0 Å². The Morgan fingerprint density at radius 1 is 1.50 bits per heavy atom. The molecule has 0 saturated carbocycles. The summed E-state index contributed by atoms with van der Waals surface area (Å²) in [5, 5.41) is 0. The van der Waals surface area contributed by atoms with Crippen LogP contribution in [-0.2, 0) is 16.0 Å². The standard InChI is InChI=1S/C13H15NO2/c1-2-13(15)14-10-16-9-12(14)8-11-6-4-3-5-7-11/h2-7,12H,1,8-10H2/t12-/m1/s1. The Labute approximate surface area is 95.3 Å². The van der Waals surface area contributed by atoms with E-state index >= 15 is 0 Å². The molecule has 1 heterocycles. The van der Waals surface area contributed by atoms with Gasteiger partial charge in [-0.2, -0.15) is 0 Å².